The number of hydrogen-bond acceptors (Lipinski definition) is 3. The Hall–Kier alpha value is -1.84. The monoisotopic (exact) mass is 190 g/mol. The van der Waals surface area contributed by atoms with Gasteiger partial charge in [-0.25, -0.2) is 0 Å². The molecule has 1 aliphatic heterocycles. The lowest BCUT2D eigenvalue weighted by atomic mass is 10.2. The van der Waals surface area contributed by atoms with Gasteiger partial charge in [0.1, 0.15) is 18.9 Å². The third kappa shape index (κ3) is 0.878. The number of aromatic nitrogens is 1. The van der Waals surface area contributed by atoms with Gasteiger partial charge in [-0.05, 0) is 12.1 Å². The first-order valence-corrected chi connectivity index (χ1v) is 4.51. The van der Waals surface area contributed by atoms with Crippen molar-refractivity contribution < 1.29 is 9.47 Å². The number of nitrogens with two attached hydrogens (primary N) is 1. The molecule has 0 unspecified atom stereocenters. The number of H-pyrrole nitrogens is 1. The summed E-state index contributed by atoms with van der Waals surface area (Å²) in [6.45, 7) is 1.14. The van der Waals surface area contributed by atoms with Crippen molar-refractivity contribution in [3.8, 4) is 11.5 Å². The normalized spacial score (nSPS) is 14.6. The van der Waals surface area contributed by atoms with Crippen molar-refractivity contribution in [3.63, 3.8) is 0 Å². The van der Waals surface area contributed by atoms with Gasteiger partial charge in [-0.2, -0.15) is 0 Å². The average Bonchev–Trinajstić information content (AvgIpc) is 2.66. The lowest BCUT2D eigenvalue weighted by Gasteiger charge is -2.20. The number of hydrogen-bond donors (Lipinski definition) is 2. The second kappa shape index (κ2) is 2.57. The van der Waals surface area contributed by atoms with Crippen molar-refractivity contribution in [1.29, 1.82) is 0 Å². The first-order chi connectivity index (χ1) is 6.86. The van der Waals surface area contributed by atoms with Crippen LogP contribution < -0.4 is 15.2 Å². The summed E-state index contributed by atoms with van der Waals surface area (Å²) < 4.78 is 10.9. The average molecular weight is 190 g/mol. The quantitative estimate of drug-likeness (QED) is 0.619. The number of benzene rings is 1. The van der Waals surface area contributed by atoms with E-state index in [9.17, 15) is 0 Å². The van der Waals surface area contributed by atoms with Crippen LogP contribution in [0, 0.1) is 0 Å². The van der Waals surface area contributed by atoms with Crippen molar-refractivity contribution in [1.82, 2.24) is 4.98 Å². The van der Waals surface area contributed by atoms with Crippen LogP contribution in [0.2, 0.25) is 0 Å². The Bertz CT molecular complexity index is 490. The summed E-state index contributed by atoms with van der Waals surface area (Å²) in [5.41, 5.74) is 7.49. The third-order valence-electron chi connectivity index (χ3n) is 2.39. The Kier molecular flexibility index (Phi) is 1.39. The van der Waals surface area contributed by atoms with Gasteiger partial charge in [-0.3, -0.25) is 0 Å². The van der Waals surface area contributed by atoms with E-state index in [0.717, 1.165) is 16.7 Å². The molecule has 0 saturated heterocycles. The Morgan fingerprint density at radius 2 is 2.14 bits per heavy atom. The first-order valence-electron chi connectivity index (χ1n) is 4.51. The molecule has 4 nitrogen and oxygen atoms in total. The van der Waals surface area contributed by atoms with Crippen molar-refractivity contribution in [2.45, 2.75) is 0 Å². The van der Waals surface area contributed by atoms with E-state index in [1.807, 2.05) is 18.3 Å². The molecule has 0 radical (unpaired) electrons. The third-order valence-corrected chi connectivity index (χ3v) is 2.39. The standard InChI is InChI=1S/C10H10N2O2/c11-8-9-6(1-2-12-9)5-7-10(8)14-4-3-13-7/h1-2,5,12H,3-4,11H2. The maximum atomic E-state index is 5.95. The van der Waals surface area contributed by atoms with Crippen LogP contribution in [0.25, 0.3) is 10.9 Å². The zero-order valence-corrected chi connectivity index (χ0v) is 7.54. The highest BCUT2D eigenvalue weighted by molar-refractivity contribution is 5.95. The molecule has 0 spiro atoms. The Labute approximate surface area is 80.6 Å². The molecule has 1 aliphatic rings. The van der Waals surface area contributed by atoms with Crippen LogP contribution in [0.3, 0.4) is 0 Å². The van der Waals surface area contributed by atoms with E-state index >= 15 is 0 Å². The maximum absolute atomic E-state index is 5.95. The van der Waals surface area contributed by atoms with Crippen LogP contribution in [0.5, 0.6) is 11.5 Å². The van der Waals surface area contributed by atoms with Gasteiger partial charge in [0.2, 0.25) is 0 Å². The van der Waals surface area contributed by atoms with Gasteiger partial charge in [-0.1, -0.05) is 0 Å². The lowest BCUT2D eigenvalue weighted by Crippen LogP contribution is -2.16. The molecule has 0 amide bonds. The molecule has 2 heterocycles. The van der Waals surface area contributed by atoms with Crippen molar-refractivity contribution in [2.75, 3.05) is 18.9 Å². The largest absolute Gasteiger partial charge is 0.486 e. The van der Waals surface area contributed by atoms with E-state index in [4.69, 9.17) is 15.2 Å². The number of rotatable bonds is 0. The Morgan fingerprint density at radius 3 is 3.07 bits per heavy atom. The van der Waals surface area contributed by atoms with E-state index in [-0.39, 0.29) is 0 Å². The minimum Gasteiger partial charge on any atom is -0.486 e. The Balaban J connectivity index is 2.36. The van der Waals surface area contributed by atoms with E-state index in [0.29, 0.717) is 24.7 Å². The van der Waals surface area contributed by atoms with E-state index in [1.165, 1.54) is 0 Å². The number of nitrogen functional groups attached to an aromatic ring is 1. The van der Waals surface area contributed by atoms with Gasteiger partial charge in [0.25, 0.3) is 0 Å². The van der Waals surface area contributed by atoms with Gasteiger partial charge >= 0.3 is 0 Å². The number of aromatic amines is 1. The van der Waals surface area contributed by atoms with E-state index < -0.39 is 0 Å². The summed E-state index contributed by atoms with van der Waals surface area (Å²) in [6, 6.07) is 3.90. The Morgan fingerprint density at radius 1 is 1.29 bits per heavy atom. The van der Waals surface area contributed by atoms with E-state index in [1.54, 1.807) is 0 Å². The molecule has 1 aromatic carbocycles. The number of nitrogens with one attached hydrogen (secondary N) is 1. The summed E-state index contributed by atoms with van der Waals surface area (Å²) in [6.07, 6.45) is 1.85. The summed E-state index contributed by atoms with van der Waals surface area (Å²) >= 11 is 0. The lowest BCUT2D eigenvalue weighted by molar-refractivity contribution is 0.173. The van der Waals surface area contributed by atoms with Crippen LogP contribution in [0.4, 0.5) is 5.69 Å². The molecule has 14 heavy (non-hydrogen) atoms. The molecule has 3 N–H and O–H groups in total. The van der Waals surface area contributed by atoms with Crippen LogP contribution in [-0.4, -0.2) is 18.2 Å². The van der Waals surface area contributed by atoms with Crippen molar-refractivity contribution in [3.05, 3.63) is 18.3 Å². The van der Waals surface area contributed by atoms with Gasteiger partial charge in [0.15, 0.2) is 11.5 Å². The minimum atomic E-state index is 0.559. The molecule has 0 bridgehead atoms. The fourth-order valence-electron chi connectivity index (χ4n) is 1.74. The van der Waals surface area contributed by atoms with Crippen LogP contribution in [0.1, 0.15) is 0 Å². The highest BCUT2D eigenvalue weighted by Gasteiger charge is 2.17. The number of ether oxygens (including phenoxy) is 2. The summed E-state index contributed by atoms with van der Waals surface area (Å²) in [5.74, 6) is 1.40. The van der Waals surface area contributed by atoms with Crippen molar-refractivity contribution >= 4 is 16.6 Å². The first kappa shape index (κ1) is 7.55. The molecule has 1 aromatic heterocycles. The topological polar surface area (TPSA) is 60.3 Å². The number of anilines is 1. The van der Waals surface area contributed by atoms with Crippen LogP contribution in [0.15, 0.2) is 18.3 Å². The molecule has 0 atom stereocenters. The molecule has 0 aliphatic carbocycles. The maximum Gasteiger partial charge on any atom is 0.186 e. The van der Waals surface area contributed by atoms with Crippen molar-refractivity contribution in [2.24, 2.45) is 0 Å². The molecule has 0 saturated carbocycles. The molecule has 72 valence electrons. The predicted octanol–water partition coefficient (Wildman–Crippen LogP) is 1.52. The molecule has 0 fully saturated rings. The second-order valence-corrected chi connectivity index (χ2v) is 3.26. The fraction of sp³-hybridized carbons (Fsp3) is 0.200. The van der Waals surface area contributed by atoms with Gasteiger partial charge < -0.3 is 20.2 Å². The second-order valence-electron chi connectivity index (χ2n) is 3.26. The van der Waals surface area contributed by atoms with Gasteiger partial charge in [0.05, 0.1) is 5.52 Å². The van der Waals surface area contributed by atoms with Gasteiger partial charge in [0, 0.05) is 11.6 Å². The molecule has 4 heteroatoms. The zero-order chi connectivity index (χ0) is 9.54. The minimum absolute atomic E-state index is 0.559. The molecule has 2 aromatic rings. The zero-order valence-electron chi connectivity index (χ0n) is 7.54. The molecule has 3 rings (SSSR count). The molecular weight excluding hydrogens is 180 g/mol. The van der Waals surface area contributed by atoms with Crippen LogP contribution >= 0.6 is 0 Å². The highest BCUT2D eigenvalue weighted by atomic mass is 16.6. The highest BCUT2D eigenvalue weighted by Crippen LogP contribution is 2.40. The summed E-state index contributed by atoms with van der Waals surface area (Å²) in [5, 5.41) is 1.05. The summed E-state index contributed by atoms with van der Waals surface area (Å²) in [7, 11) is 0. The fourth-order valence-corrected chi connectivity index (χ4v) is 1.74. The van der Waals surface area contributed by atoms with Crippen LogP contribution in [-0.2, 0) is 0 Å². The van der Waals surface area contributed by atoms with Gasteiger partial charge in [-0.15, -0.1) is 0 Å². The summed E-state index contributed by atoms with van der Waals surface area (Å²) in [4.78, 5) is 3.08. The molecular formula is C10H10N2O2. The number of fused-ring (bicyclic) bond motifs is 2. The SMILES string of the molecule is Nc1c2c(cc3cc[nH]c13)OCCO2. The van der Waals surface area contributed by atoms with E-state index in [2.05, 4.69) is 4.98 Å². The predicted molar refractivity (Wildman–Crippen MR) is 53.7 cm³/mol. The smallest absolute Gasteiger partial charge is 0.186 e.